The van der Waals surface area contributed by atoms with Gasteiger partial charge in [0.25, 0.3) is 5.91 Å². The van der Waals surface area contributed by atoms with Crippen LogP contribution >= 0.6 is 0 Å². The van der Waals surface area contributed by atoms with Gasteiger partial charge in [-0.05, 0) is 88.6 Å². The SMILES string of the molecule is CN(C)CC[C@H](O)C(=O)N(CCN1[C@@H]2CC[C@H]1CC(c1cccc(C(N)=O)c1)C2)CC1CCCCC1. The molecule has 1 unspecified atom stereocenters. The Morgan fingerprint density at radius 3 is 2.39 bits per heavy atom. The first-order chi connectivity index (χ1) is 17.3. The highest BCUT2D eigenvalue weighted by Gasteiger charge is 2.41. The van der Waals surface area contributed by atoms with Gasteiger partial charge in [0.05, 0.1) is 0 Å². The molecule has 2 amide bonds. The molecule has 7 nitrogen and oxygen atoms in total. The average Bonchev–Trinajstić information content (AvgIpc) is 3.11. The van der Waals surface area contributed by atoms with Gasteiger partial charge in [0.15, 0.2) is 0 Å². The molecule has 0 aromatic heterocycles. The second-order valence-electron chi connectivity index (χ2n) is 11.7. The molecule has 2 aliphatic heterocycles. The van der Waals surface area contributed by atoms with Crippen molar-refractivity contribution in [3.63, 3.8) is 0 Å². The third-order valence-electron chi connectivity index (χ3n) is 8.80. The minimum absolute atomic E-state index is 0.0899. The van der Waals surface area contributed by atoms with Crippen molar-refractivity contribution in [3.05, 3.63) is 35.4 Å². The Morgan fingerprint density at radius 1 is 1.06 bits per heavy atom. The molecule has 2 bridgehead atoms. The Labute approximate surface area is 217 Å². The van der Waals surface area contributed by atoms with Crippen LogP contribution in [0.1, 0.15) is 86.0 Å². The number of carbonyl (C=O) groups is 2. The minimum Gasteiger partial charge on any atom is -0.383 e. The quantitative estimate of drug-likeness (QED) is 0.489. The van der Waals surface area contributed by atoms with Gasteiger partial charge in [-0.15, -0.1) is 0 Å². The molecular weight excluding hydrogens is 452 g/mol. The van der Waals surface area contributed by atoms with Gasteiger partial charge in [0.2, 0.25) is 5.91 Å². The highest BCUT2D eigenvalue weighted by molar-refractivity contribution is 5.92. The topological polar surface area (TPSA) is 90.1 Å². The third kappa shape index (κ3) is 6.87. The largest absolute Gasteiger partial charge is 0.383 e. The van der Waals surface area contributed by atoms with E-state index in [4.69, 9.17) is 5.73 Å². The van der Waals surface area contributed by atoms with Crippen LogP contribution in [-0.4, -0.2) is 90.1 Å². The number of hydrogen-bond acceptors (Lipinski definition) is 5. The summed E-state index contributed by atoms with van der Waals surface area (Å²) in [4.78, 5) is 31.6. The monoisotopic (exact) mass is 498 g/mol. The maximum Gasteiger partial charge on any atom is 0.251 e. The van der Waals surface area contributed by atoms with Crippen LogP contribution in [0.15, 0.2) is 24.3 Å². The molecule has 200 valence electrons. The fraction of sp³-hybridized carbons (Fsp3) is 0.724. The third-order valence-corrected chi connectivity index (χ3v) is 8.80. The van der Waals surface area contributed by atoms with Crippen molar-refractivity contribution < 1.29 is 14.7 Å². The van der Waals surface area contributed by atoms with Crippen molar-refractivity contribution in [1.29, 1.82) is 0 Å². The van der Waals surface area contributed by atoms with E-state index in [1.54, 1.807) is 6.07 Å². The maximum absolute atomic E-state index is 13.3. The Kier molecular flexibility index (Phi) is 9.42. The lowest BCUT2D eigenvalue weighted by Crippen LogP contribution is -2.49. The van der Waals surface area contributed by atoms with Crippen molar-refractivity contribution >= 4 is 11.8 Å². The molecule has 36 heavy (non-hydrogen) atoms. The van der Waals surface area contributed by atoms with Crippen LogP contribution in [0, 0.1) is 5.92 Å². The minimum atomic E-state index is -0.920. The molecule has 3 fully saturated rings. The number of benzene rings is 1. The normalized spacial score (nSPS) is 25.7. The molecule has 3 N–H and O–H groups in total. The van der Waals surface area contributed by atoms with Crippen LogP contribution in [0.3, 0.4) is 0 Å². The van der Waals surface area contributed by atoms with E-state index in [1.165, 1.54) is 50.5 Å². The Hall–Kier alpha value is -1.96. The lowest BCUT2D eigenvalue weighted by atomic mass is 9.84. The van der Waals surface area contributed by atoms with Crippen molar-refractivity contribution in [3.8, 4) is 0 Å². The van der Waals surface area contributed by atoms with Crippen LogP contribution in [0.2, 0.25) is 0 Å². The van der Waals surface area contributed by atoms with Crippen LogP contribution < -0.4 is 5.73 Å². The first-order valence-corrected chi connectivity index (χ1v) is 14.1. The summed E-state index contributed by atoms with van der Waals surface area (Å²) in [5, 5.41) is 10.7. The summed E-state index contributed by atoms with van der Waals surface area (Å²) in [6, 6.07) is 8.86. The number of aliphatic hydroxyl groups excluding tert-OH is 1. The average molecular weight is 499 g/mol. The van der Waals surface area contributed by atoms with Gasteiger partial charge in [0.1, 0.15) is 6.10 Å². The van der Waals surface area contributed by atoms with E-state index >= 15 is 0 Å². The molecule has 1 aromatic rings. The Bertz CT molecular complexity index is 871. The van der Waals surface area contributed by atoms with E-state index in [1.807, 2.05) is 36.0 Å². The summed E-state index contributed by atoms with van der Waals surface area (Å²) < 4.78 is 0. The van der Waals surface area contributed by atoms with Gasteiger partial charge in [0, 0.05) is 43.8 Å². The van der Waals surface area contributed by atoms with Crippen LogP contribution in [-0.2, 0) is 4.79 Å². The van der Waals surface area contributed by atoms with Gasteiger partial charge in [-0.2, -0.15) is 0 Å². The highest BCUT2D eigenvalue weighted by atomic mass is 16.3. The van der Waals surface area contributed by atoms with Gasteiger partial charge in [-0.25, -0.2) is 0 Å². The second kappa shape index (κ2) is 12.5. The van der Waals surface area contributed by atoms with E-state index in [-0.39, 0.29) is 11.8 Å². The van der Waals surface area contributed by atoms with Gasteiger partial charge in [-0.3, -0.25) is 14.5 Å². The van der Waals surface area contributed by atoms with Crippen LogP contribution in [0.5, 0.6) is 0 Å². The molecule has 1 saturated carbocycles. The predicted octanol–water partition coefficient (Wildman–Crippen LogP) is 3.22. The molecule has 7 heteroatoms. The number of hydrogen-bond donors (Lipinski definition) is 2. The number of primary amides is 1. The summed E-state index contributed by atoms with van der Waals surface area (Å²) in [7, 11) is 3.95. The fourth-order valence-electron chi connectivity index (χ4n) is 6.78. The molecule has 4 atom stereocenters. The number of fused-ring (bicyclic) bond motifs is 2. The fourth-order valence-corrected chi connectivity index (χ4v) is 6.78. The number of rotatable bonds is 11. The van der Waals surface area contributed by atoms with Crippen molar-refractivity contribution in [2.75, 3.05) is 40.3 Å². The number of nitrogens with two attached hydrogens (primary N) is 1. The van der Waals surface area contributed by atoms with Gasteiger partial charge in [-0.1, -0.05) is 31.4 Å². The van der Waals surface area contributed by atoms with Crippen molar-refractivity contribution in [1.82, 2.24) is 14.7 Å². The van der Waals surface area contributed by atoms with E-state index in [0.29, 0.717) is 49.0 Å². The molecule has 3 aliphatic rings. The number of piperidine rings is 1. The number of nitrogens with zero attached hydrogens (tertiary/aromatic N) is 3. The van der Waals surface area contributed by atoms with Crippen LogP contribution in [0.4, 0.5) is 0 Å². The van der Waals surface area contributed by atoms with Crippen molar-refractivity contribution in [2.24, 2.45) is 11.7 Å². The molecule has 4 rings (SSSR count). The molecule has 1 aromatic carbocycles. The standard InChI is InChI=1S/C29H46N4O3/c1-31(2)14-13-27(34)29(36)32(20-21-7-4-3-5-8-21)15-16-33-25-11-12-26(33)19-24(18-25)22-9-6-10-23(17-22)28(30)35/h6,9-10,17,21,24-27,34H,3-5,7-8,11-16,18-20H2,1-2H3,(H2,30,35)/t24?,25-,26+,27-/m0/s1. The first kappa shape index (κ1) is 27.1. The maximum atomic E-state index is 13.3. The predicted molar refractivity (Wildman–Crippen MR) is 143 cm³/mol. The van der Waals surface area contributed by atoms with E-state index < -0.39 is 6.10 Å². The lowest BCUT2D eigenvalue weighted by Gasteiger charge is -2.41. The zero-order valence-electron chi connectivity index (χ0n) is 22.3. The first-order valence-electron chi connectivity index (χ1n) is 14.1. The van der Waals surface area contributed by atoms with E-state index in [0.717, 1.165) is 25.9 Å². The molecule has 2 heterocycles. The molecule has 2 saturated heterocycles. The van der Waals surface area contributed by atoms with E-state index in [2.05, 4.69) is 11.0 Å². The summed E-state index contributed by atoms with van der Waals surface area (Å²) in [6.07, 6.45) is 10.3. The summed E-state index contributed by atoms with van der Waals surface area (Å²) in [6.45, 7) is 3.06. The summed E-state index contributed by atoms with van der Waals surface area (Å²) >= 11 is 0. The smallest absolute Gasteiger partial charge is 0.251 e. The zero-order chi connectivity index (χ0) is 25.7. The number of carbonyl (C=O) groups excluding carboxylic acids is 2. The van der Waals surface area contributed by atoms with Crippen LogP contribution in [0.25, 0.3) is 0 Å². The van der Waals surface area contributed by atoms with Gasteiger partial charge >= 0.3 is 0 Å². The molecular formula is C29H46N4O3. The highest BCUT2D eigenvalue weighted by Crippen LogP contribution is 2.43. The second-order valence-corrected chi connectivity index (χ2v) is 11.7. The number of aliphatic hydroxyl groups is 1. The van der Waals surface area contributed by atoms with Crippen molar-refractivity contribution in [2.45, 2.75) is 88.3 Å². The zero-order valence-corrected chi connectivity index (χ0v) is 22.3. The summed E-state index contributed by atoms with van der Waals surface area (Å²) in [5.41, 5.74) is 7.33. The summed E-state index contributed by atoms with van der Waals surface area (Å²) in [5.74, 6) is 0.551. The lowest BCUT2D eigenvalue weighted by molar-refractivity contribution is -0.142. The Balaban J connectivity index is 1.38. The molecule has 0 radical (unpaired) electrons. The molecule has 1 aliphatic carbocycles. The van der Waals surface area contributed by atoms with Gasteiger partial charge < -0.3 is 20.6 Å². The number of amides is 2. The molecule has 0 spiro atoms. The Morgan fingerprint density at radius 2 is 1.75 bits per heavy atom. The van der Waals surface area contributed by atoms with E-state index in [9.17, 15) is 14.7 Å².